The van der Waals surface area contributed by atoms with Gasteiger partial charge in [-0.05, 0) is 37.3 Å². The maximum absolute atomic E-state index is 12.3. The van der Waals surface area contributed by atoms with E-state index in [0.717, 1.165) is 10.2 Å². The summed E-state index contributed by atoms with van der Waals surface area (Å²) in [6.07, 6.45) is 0. The minimum absolute atomic E-state index is 0.314. The van der Waals surface area contributed by atoms with Crippen LogP contribution in [0.5, 0.6) is 5.75 Å². The Bertz CT molecular complexity index is 859. The van der Waals surface area contributed by atoms with Crippen LogP contribution in [0.2, 0.25) is 10.0 Å². The van der Waals surface area contributed by atoms with Crippen molar-refractivity contribution in [1.82, 2.24) is 4.98 Å². The van der Waals surface area contributed by atoms with Gasteiger partial charge in [-0.15, -0.1) is 0 Å². The predicted octanol–water partition coefficient (Wildman–Crippen LogP) is 5.25. The van der Waals surface area contributed by atoms with Gasteiger partial charge in [0.1, 0.15) is 11.3 Å². The van der Waals surface area contributed by atoms with Gasteiger partial charge < -0.3 is 4.74 Å². The van der Waals surface area contributed by atoms with Gasteiger partial charge in [0.2, 0.25) is 0 Å². The van der Waals surface area contributed by atoms with E-state index in [1.165, 1.54) is 11.3 Å². The lowest BCUT2D eigenvalue weighted by Gasteiger charge is -2.03. The van der Waals surface area contributed by atoms with Crippen LogP contribution >= 0.6 is 34.5 Å². The number of aromatic nitrogens is 1. The number of carbonyl (C=O) groups is 1. The number of nitrogens with zero attached hydrogens (tertiary/aromatic N) is 1. The van der Waals surface area contributed by atoms with Crippen LogP contribution in [-0.2, 0) is 0 Å². The molecule has 0 fully saturated rings. The molecule has 0 aliphatic heterocycles. The van der Waals surface area contributed by atoms with Gasteiger partial charge in [-0.1, -0.05) is 40.6 Å². The fourth-order valence-corrected chi connectivity index (χ4v) is 3.51. The van der Waals surface area contributed by atoms with Crippen molar-refractivity contribution in [2.75, 3.05) is 11.9 Å². The van der Waals surface area contributed by atoms with Gasteiger partial charge in [0.15, 0.2) is 5.13 Å². The summed E-state index contributed by atoms with van der Waals surface area (Å²) < 4.78 is 6.49. The zero-order valence-electron chi connectivity index (χ0n) is 12.1. The molecule has 0 saturated carbocycles. The molecule has 0 aliphatic carbocycles. The van der Waals surface area contributed by atoms with Crippen molar-refractivity contribution < 1.29 is 9.53 Å². The van der Waals surface area contributed by atoms with E-state index in [9.17, 15) is 4.79 Å². The zero-order chi connectivity index (χ0) is 16.4. The van der Waals surface area contributed by atoms with Gasteiger partial charge >= 0.3 is 0 Å². The molecule has 0 saturated heterocycles. The van der Waals surface area contributed by atoms with Crippen molar-refractivity contribution >= 4 is 55.8 Å². The first-order valence-corrected chi connectivity index (χ1v) is 8.44. The van der Waals surface area contributed by atoms with E-state index in [4.69, 9.17) is 27.9 Å². The number of amides is 1. The summed E-state index contributed by atoms with van der Waals surface area (Å²) in [4.78, 5) is 16.8. The third kappa shape index (κ3) is 3.58. The van der Waals surface area contributed by atoms with E-state index in [1.54, 1.807) is 18.2 Å². The minimum Gasteiger partial charge on any atom is -0.492 e. The maximum atomic E-state index is 12.3. The number of anilines is 1. The second kappa shape index (κ2) is 6.74. The summed E-state index contributed by atoms with van der Waals surface area (Å²) in [7, 11) is 0. The number of rotatable bonds is 4. The lowest BCUT2D eigenvalue weighted by molar-refractivity contribution is 0.102. The summed E-state index contributed by atoms with van der Waals surface area (Å²) in [5.74, 6) is 0.388. The molecule has 1 heterocycles. The highest BCUT2D eigenvalue weighted by Gasteiger charge is 2.13. The molecule has 0 radical (unpaired) electrons. The average molecular weight is 367 g/mol. The van der Waals surface area contributed by atoms with E-state index in [-0.39, 0.29) is 5.91 Å². The first kappa shape index (κ1) is 16.1. The molecule has 0 bridgehead atoms. The number of carbonyl (C=O) groups excluding carboxylic acids is 1. The number of thiazole rings is 1. The summed E-state index contributed by atoms with van der Waals surface area (Å²) in [5, 5.41) is 4.08. The number of nitrogens with one attached hydrogen (secondary N) is 1. The van der Waals surface area contributed by atoms with Gasteiger partial charge in [0.25, 0.3) is 5.91 Å². The predicted molar refractivity (Wildman–Crippen MR) is 95.2 cm³/mol. The highest BCUT2D eigenvalue weighted by molar-refractivity contribution is 7.22. The topological polar surface area (TPSA) is 51.2 Å². The Balaban J connectivity index is 1.89. The Morgan fingerprint density at radius 1 is 1.26 bits per heavy atom. The number of benzene rings is 2. The molecule has 0 aliphatic rings. The molecular formula is C16H12Cl2N2O2S. The fourth-order valence-electron chi connectivity index (χ4n) is 2.10. The quantitative estimate of drug-likeness (QED) is 0.685. The molecule has 2 aromatic carbocycles. The van der Waals surface area contributed by atoms with E-state index in [0.29, 0.717) is 33.1 Å². The third-order valence-corrected chi connectivity index (χ3v) is 4.40. The van der Waals surface area contributed by atoms with E-state index in [2.05, 4.69) is 10.3 Å². The van der Waals surface area contributed by atoms with Crippen LogP contribution in [-0.4, -0.2) is 17.5 Å². The van der Waals surface area contributed by atoms with Crippen molar-refractivity contribution in [3.05, 3.63) is 52.0 Å². The summed E-state index contributed by atoms with van der Waals surface area (Å²) in [6.45, 7) is 2.47. The maximum Gasteiger partial charge on any atom is 0.257 e. The SMILES string of the molecule is CCOc1cccc2sc(NC(=O)c3cc(Cl)cc(Cl)c3)nc12. The standard InChI is InChI=1S/C16H12Cl2N2O2S/c1-2-22-12-4-3-5-13-14(12)19-16(23-13)20-15(21)9-6-10(17)8-11(18)7-9/h3-8H,2H2,1H3,(H,19,20,21). The first-order chi connectivity index (χ1) is 11.1. The first-order valence-electron chi connectivity index (χ1n) is 6.86. The lowest BCUT2D eigenvalue weighted by atomic mass is 10.2. The molecule has 3 rings (SSSR count). The molecule has 23 heavy (non-hydrogen) atoms. The molecule has 0 spiro atoms. The van der Waals surface area contributed by atoms with Crippen molar-refractivity contribution in [3.63, 3.8) is 0 Å². The van der Waals surface area contributed by atoms with Crippen LogP contribution in [0, 0.1) is 0 Å². The molecule has 7 heteroatoms. The summed E-state index contributed by atoms with van der Waals surface area (Å²) >= 11 is 13.2. The molecule has 1 amide bonds. The van der Waals surface area contributed by atoms with Crippen LogP contribution in [0.15, 0.2) is 36.4 Å². The number of hydrogen-bond acceptors (Lipinski definition) is 4. The van der Waals surface area contributed by atoms with Gasteiger partial charge in [-0.2, -0.15) is 0 Å². The Morgan fingerprint density at radius 3 is 2.70 bits per heavy atom. The number of halogens is 2. The Kier molecular flexibility index (Phi) is 4.71. The molecule has 4 nitrogen and oxygen atoms in total. The van der Waals surface area contributed by atoms with Crippen molar-refractivity contribution in [2.24, 2.45) is 0 Å². The van der Waals surface area contributed by atoms with Crippen LogP contribution in [0.4, 0.5) is 5.13 Å². The normalized spacial score (nSPS) is 10.7. The smallest absolute Gasteiger partial charge is 0.257 e. The second-order valence-electron chi connectivity index (χ2n) is 4.67. The molecule has 0 unspecified atom stereocenters. The fraction of sp³-hybridized carbons (Fsp3) is 0.125. The Morgan fingerprint density at radius 2 is 2.00 bits per heavy atom. The molecular weight excluding hydrogens is 355 g/mol. The molecule has 3 aromatic rings. The van der Waals surface area contributed by atoms with Crippen LogP contribution < -0.4 is 10.1 Å². The molecule has 0 atom stereocenters. The second-order valence-corrected chi connectivity index (χ2v) is 6.57. The third-order valence-electron chi connectivity index (χ3n) is 3.03. The van der Waals surface area contributed by atoms with Crippen LogP contribution in [0.3, 0.4) is 0 Å². The zero-order valence-corrected chi connectivity index (χ0v) is 14.4. The largest absolute Gasteiger partial charge is 0.492 e. The monoisotopic (exact) mass is 366 g/mol. The Hall–Kier alpha value is -1.82. The van der Waals surface area contributed by atoms with Crippen molar-refractivity contribution in [3.8, 4) is 5.75 Å². The molecule has 118 valence electrons. The average Bonchev–Trinajstić information content (AvgIpc) is 2.90. The van der Waals surface area contributed by atoms with Gasteiger partial charge in [0, 0.05) is 15.6 Å². The van der Waals surface area contributed by atoms with Crippen LogP contribution in [0.25, 0.3) is 10.2 Å². The van der Waals surface area contributed by atoms with Gasteiger partial charge in [-0.3, -0.25) is 10.1 Å². The molecule has 1 N–H and O–H groups in total. The number of para-hydroxylation sites is 1. The van der Waals surface area contributed by atoms with Gasteiger partial charge in [-0.25, -0.2) is 4.98 Å². The minimum atomic E-state index is -0.314. The highest BCUT2D eigenvalue weighted by Crippen LogP contribution is 2.32. The van der Waals surface area contributed by atoms with E-state index in [1.807, 2.05) is 25.1 Å². The van der Waals surface area contributed by atoms with Crippen molar-refractivity contribution in [1.29, 1.82) is 0 Å². The van der Waals surface area contributed by atoms with E-state index >= 15 is 0 Å². The van der Waals surface area contributed by atoms with Crippen LogP contribution in [0.1, 0.15) is 17.3 Å². The highest BCUT2D eigenvalue weighted by atomic mass is 35.5. The van der Waals surface area contributed by atoms with Gasteiger partial charge in [0.05, 0.1) is 11.3 Å². The lowest BCUT2D eigenvalue weighted by Crippen LogP contribution is -2.11. The summed E-state index contributed by atoms with van der Waals surface area (Å²) in [5.41, 5.74) is 1.12. The summed E-state index contributed by atoms with van der Waals surface area (Å²) in [6, 6.07) is 10.4. The number of fused-ring (bicyclic) bond motifs is 1. The number of ether oxygens (including phenoxy) is 1. The molecule has 1 aromatic heterocycles. The van der Waals surface area contributed by atoms with E-state index < -0.39 is 0 Å². The number of hydrogen-bond donors (Lipinski definition) is 1. The Labute approximate surface area is 147 Å². The van der Waals surface area contributed by atoms with Crippen molar-refractivity contribution in [2.45, 2.75) is 6.92 Å².